The lowest BCUT2D eigenvalue weighted by atomic mass is 9.94. The summed E-state index contributed by atoms with van der Waals surface area (Å²) in [5, 5.41) is 7.59. The minimum Gasteiger partial charge on any atom is -0.493 e. The number of nitrogens with one attached hydrogen (secondary N) is 2. The molecule has 7 heteroatoms. The molecule has 0 spiro atoms. The lowest BCUT2D eigenvalue weighted by Crippen LogP contribution is -2.38. The topological polar surface area (TPSA) is 59.6 Å². The van der Waals surface area contributed by atoms with Crippen molar-refractivity contribution in [1.29, 1.82) is 0 Å². The fraction of sp³-hybridized carbons (Fsp3) is 0.389. The van der Waals surface area contributed by atoms with Crippen LogP contribution in [-0.2, 0) is 12.8 Å². The molecule has 25 heavy (non-hydrogen) atoms. The van der Waals surface area contributed by atoms with E-state index in [9.17, 15) is 4.79 Å². The van der Waals surface area contributed by atoms with Crippen LogP contribution in [0.15, 0.2) is 12.1 Å². The molecule has 2 aromatic rings. The number of ether oxygens (including phenoxy) is 2. The molecular formula is C18H19IN2O3S. The second-order valence-electron chi connectivity index (χ2n) is 6.20. The molecule has 1 aliphatic carbocycles. The van der Waals surface area contributed by atoms with Gasteiger partial charge in [0.05, 0.1) is 23.4 Å². The molecule has 4 rings (SSSR count). The van der Waals surface area contributed by atoms with Gasteiger partial charge < -0.3 is 20.1 Å². The summed E-state index contributed by atoms with van der Waals surface area (Å²) >= 11 is 3.96. The van der Waals surface area contributed by atoms with Crippen molar-refractivity contribution in [2.75, 3.05) is 19.5 Å². The zero-order valence-electron chi connectivity index (χ0n) is 14.1. The number of rotatable bonds is 3. The van der Waals surface area contributed by atoms with Crippen molar-refractivity contribution in [3.8, 4) is 11.5 Å². The lowest BCUT2D eigenvalue weighted by Gasteiger charge is -2.27. The number of hydrogen-bond donors (Lipinski definition) is 2. The van der Waals surface area contributed by atoms with Gasteiger partial charge in [-0.1, -0.05) is 0 Å². The minimum absolute atomic E-state index is 0.0166. The summed E-state index contributed by atoms with van der Waals surface area (Å²) < 4.78 is 11.8. The maximum Gasteiger partial charge on any atom is 0.256 e. The van der Waals surface area contributed by atoms with Crippen LogP contribution >= 0.6 is 33.9 Å². The number of carbonyl (C=O) groups excluding carboxylic acids is 1. The highest BCUT2D eigenvalue weighted by Crippen LogP contribution is 2.42. The molecule has 132 valence electrons. The van der Waals surface area contributed by atoms with Crippen LogP contribution in [0.25, 0.3) is 0 Å². The van der Waals surface area contributed by atoms with Gasteiger partial charge in [0, 0.05) is 4.88 Å². The largest absolute Gasteiger partial charge is 0.493 e. The summed E-state index contributed by atoms with van der Waals surface area (Å²) in [4.78, 5) is 14.1. The van der Waals surface area contributed by atoms with E-state index in [2.05, 4.69) is 33.2 Å². The fourth-order valence-electron chi connectivity index (χ4n) is 3.55. The number of methoxy groups -OCH3 is 2. The summed E-state index contributed by atoms with van der Waals surface area (Å²) in [6.07, 6.45) is 4.20. The first-order valence-corrected chi connectivity index (χ1v) is 10.1. The maximum absolute atomic E-state index is 12.8. The van der Waals surface area contributed by atoms with Gasteiger partial charge in [-0.2, -0.15) is 0 Å². The molecule has 1 amide bonds. The van der Waals surface area contributed by atoms with Gasteiger partial charge in [0.25, 0.3) is 5.91 Å². The average Bonchev–Trinajstić information content (AvgIpc) is 2.99. The van der Waals surface area contributed by atoms with Gasteiger partial charge in [-0.15, -0.1) is 11.3 Å². The number of thiophene rings is 1. The van der Waals surface area contributed by atoms with Crippen LogP contribution in [0, 0.1) is 3.57 Å². The summed E-state index contributed by atoms with van der Waals surface area (Å²) in [6.45, 7) is 0. The second kappa shape index (κ2) is 6.68. The Kier molecular flexibility index (Phi) is 4.53. The van der Waals surface area contributed by atoms with E-state index >= 15 is 0 Å². The van der Waals surface area contributed by atoms with E-state index in [1.165, 1.54) is 23.3 Å². The maximum atomic E-state index is 12.8. The molecule has 0 fully saturated rings. The molecule has 1 atom stereocenters. The van der Waals surface area contributed by atoms with Gasteiger partial charge in [0.15, 0.2) is 11.5 Å². The third kappa shape index (κ3) is 2.87. The fourth-order valence-corrected chi connectivity index (χ4v) is 5.71. The first-order valence-electron chi connectivity index (χ1n) is 8.25. The molecule has 1 aliphatic heterocycles. The molecule has 2 heterocycles. The van der Waals surface area contributed by atoms with Crippen molar-refractivity contribution in [3.05, 3.63) is 37.3 Å². The smallest absolute Gasteiger partial charge is 0.256 e. The van der Waals surface area contributed by atoms with Gasteiger partial charge in [-0.05, 0) is 71.5 Å². The highest BCUT2D eigenvalue weighted by Gasteiger charge is 2.32. The zero-order valence-corrected chi connectivity index (χ0v) is 17.0. The van der Waals surface area contributed by atoms with Crippen LogP contribution in [0.5, 0.6) is 11.5 Å². The molecule has 0 saturated heterocycles. The van der Waals surface area contributed by atoms with Crippen molar-refractivity contribution in [2.45, 2.75) is 31.8 Å². The van der Waals surface area contributed by atoms with Crippen molar-refractivity contribution in [2.24, 2.45) is 0 Å². The SMILES string of the molecule is COc1cc([C@H]2NC(=O)c3c(sc4c3CCCC4)N2)cc(I)c1OC. The first kappa shape index (κ1) is 17.0. The number of fused-ring (bicyclic) bond motifs is 3. The Morgan fingerprint density at radius 3 is 2.72 bits per heavy atom. The number of hydrogen-bond acceptors (Lipinski definition) is 5. The highest BCUT2D eigenvalue weighted by atomic mass is 127. The standard InChI is InChI=1S/C18H19IN2O3S/c1-23-12-8-9(7-11(19)15(12)24-2)16-20-17(22)14-10-5-3-4-6-13(10)25-18(14)21-16/h7-8,16,21H,3-6H2,1-2H3,(H,20,22)/t16-/m0/s1. The number of benzene rings is 1. The number of carbonyl (C=O) groups is 1. The predicted molar refractivity (Wildman–Crippen MR) is 107 cm³/mol. The van der Waals surface area contributed by atoms with Gasteiger partial charge >= 0.3 is 0 Å². The van der Waals surface area contributed by atoms with E-state index in [0.29, 0.717) is 11.5 Å². The van der Waals surface area contributed by atoms with E-state index in [4.69, 9.17) is 9.47 Å². The number of anilines is 1. The van der Waals surface area contributed by atoms with Crippen LogP contribution in [-0.4, -0.2) is 20.1 Å². The Labute approximate surface area is 164 Å². The van der Waals surface area contributed by atoms with Gasteiger partial charge in [-0.25, -0.2) is 0 Å². The normalized spacial score (nSPS) is 18.7. The Morgan fingerprint density at radius 1 is 1.16 bits per heavy atom. The third-order valence-electron chi connectivity index (χ3n) is 4.74. The second-order valence-corrected chi connectivity index (χ2v) is 8.47. The third-order valence-corrected chi connectivity index (χ3v) is 6.76. The summed E-state index contributed by atoms with van der Waals surface area (Å²) in [5.74, 6) is 1.39. The van der Waals surface area contributed by atoms with Crippen LogP contribution in [0.1, 0.15) is 45.4 Å². The van der Waals surface area contributed by atoms with Crippen LogP contribution in [0.3, 0.4) is 0 Å². The van der Waals surface area contributed by atoms with Crippen LogP contribution in [0.2, 0.25) is 0 Å². The quantitative estimate of drug-likeness (QED) is 0.664. The molecule has 2 aliphatic rings. The Bertz CT molecular complexity index is 849. The summed E-state index contributed by atoms with van der Waals surface area (Å²) in [5.41, 5.74) is 3.05. The van der Waals surface area contributed by atoms with E-state index in [1.807, 2.05) is 12.1 Å². The highest BCUT2D eigenvalue weighted by molar-refractivity contribution is 14.1. The van der Waals surface area contributed by atoms with Crippen molar-refractivity contribution >= 4 is 44.8 Å². The molecular weight excluding hydrogens is 451 g/mol. The molecule has 5 nitrogen and oxygen atoms in total. The molecule has 1 aromatic heterocycles. The Morgan fingerprint density at radius 2 is 1.96 bits per heavy atom. The average molecular weight is 470 g/mol. The van der Waals surface area contributed by atoms with E-state index in [0.717, 1.165) is 32.5 Å². The number of halogens is 1. The van der Waals surface area contributed by atoms with Crippen molar-refractivity contribution in [1.82, 2.24) is 5.32 Å². The first-order chi connectivity index (χ1) is 12.1. The van der Waals surface area contributed by atoms with E-state index < -0.39 is 0 Å². The van der Waals surface area contributed by atoms with E-state index in [1.54, 1.807) is 25.6 Å². The number of amides is 1. The minimum atomic E-state index is -0.270. The molecule has 1 aromatic carbocycles. The summed E-state index contributed by atoms with van der Waals surface area (Å²) in [6, 6.07) is 3.93. The van der Waals surface area contributed by atoms with Gasteiger partial charge in [0.1, 0.15) is 11.2 Å². The monoisotopic (exact) mass is 470 g/mol. The van der Waals surface area contributed by atoms with Crippen molar-refractivity contribution in [3.63, 3.8) is 0 Å². The van der Waals surface area contributed by atoms with Crippen molar-refractivity contribution < 1.29 is 14.3 Å². The molecule has 0 radical (unpaired) electrons. The van der Waals surface area contributed by atoms with Gasteiger partial charge in [-0.3, -0.25) is 4.79 Å². The predicted octanol–water partition coefficient (Wildman–Crippen LogP) is 4.10. The van der Waals surface area contributed by atoms with Crippen LogP contribution in [0.4, 0.5) is 5.00 Å². The molecule has 0 unspecified atom stereocenters. The van der Waals surface area contributed by atoms with Gasteiger partial charge in [0.2, 0.25) is 0 Å². The zero-order chi connectivity index (χ0) is 17.6. The Hall–Kier alpha value is -1.48. The molecule has 2 N–H and O–H groups in total. The molecule has 0 bridgehead atoms. The molecule has 0 saturated carbocycles. The lowest BCUT2D eigenvalue weighted by molar-refractivity contribution is 0.0935. The Balaban J connectivity index is 1.71. The van der Waals surface area contributed by atoms with E-state index in [-0.39, 0.29) is 12.1 Å². The summed E-state index contributed by atoms with van der Waals surface area (Å²) in [7, 11) is 3.25. The van der Waals surface area contributed by atoms with Crippen LogP contribution < -0.4 is 20.1 Å². The number of aryl methyl sites for hydroxylation is 1.